The van der Waals surface area contributed by atoms with Gasteiger partial charge >= 0.3 is 0 Å². The molecule has 34 heavy (non-hydrogen) atoms. The van der Waals surface area contributed by atoms with Gasteiger partial charge in [0.2, 0.25) is 0 Å². The van der Waals surface area contributed by atoms with Crippen molar-refractivity contribution in [2.45, 2.75) is 55.7 Å². The summed E-state index contributed by atoms with van der Waals surface area (Å²) in [4.78, 5) is 7.68. The molecule has 2 aromatic carbocycles. The van der Waals surface area contributed by atoms with Crippen molar-refractivity contribution >= 4 is 34.9 Å². The van der Waals surface area contributed by atoms with Crippen molar-refractivity contribution in [3.05, 3.63) is 95.1 Å². The second-order valence-corrected chi connectivity index (χ2v) is 12.1. The Hall–Kier alpha value is -2.30. The number of thioether (sulfide) groups is 2. The fourth-order valence-corrected chi connectivity index (χ4v) is 7.76. The Morgan fingerprint density at radius 1 is 0.941 bits per heavy atom. The van der Waals surface area contributed by atoms with Crippen molar-refractivity contribution in [3.63, 3.8) is 0 Å². The van der Waals surface area contributed by atoms with E-state index in [1.807, 2.05) is 23.5 Å². The van der Waals surface area contributed by atoms with E-state index in [4.69, 9.17) is 0 Å². The molecule has 0 saturated carbocycles. The molecule has 2 heterocycles. The molecule has 0 saturated heterocycles. The van der Waals surface area contributed by atoms with E-state index >= 15 is 0 Å². The predicted octanol–water partition coefficient (Wildman–Crippen LogP) is 8.65. The molecule has 5 rings (SSSR count). The number of fused-ring (bicyclic) bond motifs is 2. The molecule has 0 fully saturated rings. The molecule has 1 aliphatic carbocycles. The van der Waals surface area contributed by atoms with Crippen LogP contribution >= 0.6 is 23.5 Å². The Morgan fingerprint density at radius 3 is 2.44 bits per heavy atom. The second-order valence-electron chi connectivity index (χ2n) is 9.92. The molecule has 0 amide bonds. The lowest BCUT2D eigenvalue weighted by molar-refractivity contribution is 0.354. The molecule has 1 atom stereocenters. The number of benzene rings is 2. The van der Waals surface area contributed by atoms with Gasteiger partial charge in [-0.2, -0.15) is 0 Å². The molecule has 0 spiro atoms. The van der Waals surface area contributed by atoms with Crippen LogP contribution in [0.2, 0.25) is 0 Å². The van der Waals surface area contributed by atoms with E-state index in [2.05, 4.69) is 116 Å². The maximum absolute atomic E-state index is 2.52. The Morgan fingerprint density at radius 2 is 1.68 bits per heavy atom. The Bertz CT molecular complexity index is 1190. The van der Waals surface area contributed by atoms with Gasteiger partial charge in [-0.25, -0.2) is 0 Å². The molecule has 0 bridgehead atoms. The van der Waals surface area contributed by atoms with Crippen LogP contribution in [0.4, 0.5) is 11.4 Å². The summed E-state index contributed by atoms with van der Waals surface area (Å²) >= 11 is 3.85. The lowest BCUT2D eigenvalue weighted by Gasteiger charge is -2.32. The molecular formula is C30H34N2S2. The number of para-hydroxylation sites is 2. The van der Waals surface area contributed by atoms with Crippen LogP contribution in [0.3, 0.4) is 0 Å². The molecule has 0 N–H and O–H groups in total. The molecule has 2 aromatic rings. The van der Waals surface area contributed by atoms with Crippen molar-refractivity contribution < 1.29 is 0 Å². The van der Waals surface area contributed by atoms with Crippen molar-refractivity contribution in [2.75, 3.05) is 22.9 Å². The normalized spacial score (nSPS) is 23.6. The SMILES string of the molecule is CCN1C(=CC=CC2=CC(=CC3Sc4ccccc4N3CC)CC(C)(C)C2)Sc2ccccc21. The summed E-state index contributed by atoms with van der Waals surface area (Å²) in [7, 11) is 0. The average Bonchev–Trinajstić information content (AvgIpc) is 3.34. The fourth-order valence-electron chi connectivity index (χ4n) is 5.26. The highest BCUT2D eigenvalue weighted by Gasteiger charge is 2.30. The van der Waals surface area contributed by atoms with E-state index < -0.39 is 0 Å². The zero-order chi connectivity index (χ0) is 23.7. The molecule has 0 radical (unpaired) electrons. The van der Waals surface area contributed by atoms with Crippen LogP contribution in [0.5, 0.6) is 0 Å². The third kappa shape index (κ3) is 4.76. The standard InChI is InChI=1S/C30H34N2S2/c1-5-31-24-13-7-9-15-26(24)33-28(31)17-11-12-22-18-23(21-30(3,4)20-22)19-29-32(6-2)25-14-8-10-16-27(25)34-29/h7-19,29H,5-6,20-21H2,1-4H3. The zero-order valence-corrected chi connectivity index (χ0v) is 22.3. The molecule has 2 nitrogen and oxygen atoms in total. The van der Waals surface area contributed by atoms with Gasteiger partial charge in [-0.15, -0.1) is 0 Å². The first kappa shape index (κ1) is 23.4. The van der Waals surface area contributed by atoms with E-state index in [0.717, 1.165) is 25.9 Å². The number of rotatable bonds is 5. The van der Waals surface area contributed by atoms with Crippen LogP contribution in [-0.2, 0) is 0 Å². The first-order chi connectivity index (χ1) is 16.5. The number of nitrogens with zero attached hydrogens (tertiary/aromatic N) is 2. The number of anilines is 2. The molecule has 3 aliphatic rings. The van der Waals surface area contributed by atoms with Gasteiger partial charge < -0.3 is 9.80 Å². The lowest BCUT2D eigenvalue weighted by atomic mass is 9.75. The van der Waals surface area contributed by atoms with E-state index in [-0.39, 0.29) is 5.41 Å². The van der Waals surface area contributed by atoms with Gasteiger partial charge in [0.05, 0.1) is 21.8 Å². The minimum absolute atomic E-state index is 0.272. The van der Waals surface area contributed by atoms with Crippen LogP contribution in [0.1, 0.15) is 40.5 Å². The third-order valence-electron chi connectivity index (χ3n) is 6.67. The fraction of sp³-hybridized carbons (Fsp3) is 0.333. The summed E-state index contributed by atoms with van der Waals surface area (Å²) in [5.74, 6) is 0. The maximum atomic E-state index is 2.52. The number of hydrogen-bond donors (Lipinski definition) is 0. The third-order valence-corrected chi connectivity index (χ3v) is 9.03. The lowest BCUT2D eigenvalue weighted by Crippen LogP contribution is -2.28. The predicted molar refractivity (Wildman–Crippen MR) is 151 cm³/mol. The summed E-state index contributed by atoms with van der Waals surface area (Å²) < 4.78 is 0. The van der Waals surface area contributed by atoms with Gasteiger partial charge in [-0.3, -0.25) is 0 Å². The number of hydrogen-bond acceptors (Lipinski definition) is 4. The first-order valence-corrected chi connectivity index (χ1v) is 14.0. The highest BCUT2D eigenvalue weighted by atomic mass is 32.2. The quantitative estimate of drug-likeness (QED) is 0.417. The van der Waals surface area contributed by atoms with Gasteiger partial charge in [0.25, 0.3) is 0 Å². The van der Waals surface area contributed by atoms with Crippen molar-refractivity contribution in [1.82, 2.24) is 0 Å². The maximum Gasteiger partial charge on any atom is 0.0988 e. The number of allylic oxidation sites excluding steroid dienone is 6. The van der Waals surface area contributed by atoms with Gasteiger partial charge in [-0.1, -0.05) is 79.9 Å². The van der Waals surface area contributed by atoms with E-state index in [1.54, 1.807) is 0 Å². The molecule has 176 valence electrons. The van der Waals surface area contributed by atoms with Crippen molar-refractivity contribution in [2.24, 2.45) is 5.41 Å². The van der Waals surface area contributed by atoms with Crippen LogP contribution in [0.15, 0.2) is 105 Å². The summed E-state index contributed by atoms with van der Waals surface area (Å²) in [5.41, 5.74) is 5.86. The monoisotopic (exact) mass is 486 g/mol. The summed E-state index contributed by atoms with van der Waals surface area (Å²) in [5, 5.41) is 1.69. The average molecular weight is 487 g/mol. The summed E-state index contributed by atoms with van der Waals surface area (Å²) in [6, 6.07) is 17.5. The van der Waals surface area contributed by atoms with Crippen LogP contribution < -0.4 is 9.80 Å². The Balaban J connectivity index is 1.37. The first-order valence-electron chi connectivity index (χ1n) is 12.3. The van der Waals surface area contributed by atoms with Crippen molar-refractivity contribution in [3.8, 4) is 0 Å². The van der Waals surface area contributed by atoms with Gasteiger partial charge in [0.1, 0.15) is 0 Å². The molecular weight excluding hydrogens is 452 g/mol. The topological polar surface area (TPSA) is 6.48 Å². The van der Waals surface area contributed by atoms with Crippen LogP contribution in [-0.4, -0.2) is 18.5 Å². The second kappa shape index (κ2) is 9.75. The molecule has 1 unspecified atom stereocenters. The number of likely N-dealkylation sites (N-methyl/N-ethyl adjacent to an activating group) is 1. The highest BCUT2D eigenvalue weighted by Crippen LogP contribution is 2.47. The van der Waals surface area contributed by atoms with Crippen LogP contribution in [0, 0.1) is 5.41 Å². The largest absolute Gasteiger partial charge is 0.355 e. The van der Waals surface area contributed by atoms with E-state index in [1.165, 1.54) is 37.3 Å². The van der Waals surface area contributed by atoms with Gasteiger partial charge in [-0.05, 0) is 79.7 Å². The van der Waals surface area contributed by atoms with E-state index in [0.29, 0.717) is 5.37 Å². The molecule has 4 heteroatoms. The zero-order valence-electron chi connectivity index (χ0n) is 20.6. The Kier molecular flexibility index (Phi) is 6.72. The Labute approximate surface area is 213 Å². The van der Waals surface area contributed by atoms with E-state index in [9.17, 15) is 0 Å². The molecule has 2 aliphatic heterocycles. The highest BCUT2D eigenvalue weighted by molar-refractivity contribution is 8.03. The summed E-state index contributed by atoms with van der Waals surface area (Å²) in [6.45, 7) is 11.3. The van der Waals surface area contributed by atoms with Gasteiger partial charge in [0.15, 0.2) is 0 Å². The molecule has 0 aromatic heterocycles. The van der Waals surface area contributed by atoms with Crippen molar-refractivity contribution in [1.29, 1.82) is 0 Å². The van der Waals surface area contributed by atoms with Gasteiger partial charge in [0, 0.05) is 22.9 Å². The minimum atomic E-state index is 0.272. The smallest absolute Gasteiger partial charge is 0.0988 e. The summed E-state index contributed by atoms with van der Waals surface area (Å²) in [6.07, 6.45) is 14.0. The minimum Gasteiger partial charge on any atom is -0.355 e. The van der Waals surface area contributed by atoms with Crippen LogP contribution in [0.25, 0.3) is 0 Å².